The molecule has 4 aromatic rings. The lowest BCUT2D eigenvalue weighted by atomic mass is 9.96. The predicted molar refractivity (Wildman–Crippen MR) is 168 cm³/mol. The Kier molecular flexibility index (Phi) is 13.1. The Morgan fingerprint density at radius 3 is 1.85 bits per heavy atom. The van der Waals surface area contributed by atoms with Crippen molar-refractivity contribution in [3.05, 3.63) is 111 Å². The Balaban J connectivity index is 0.00000178. The van der Waals surface area contributed by atoms with Crippen LogP contribution < -0.4 is 0 Å². The number of aliphatic hydroxyl groups is 1. The van der Waals surface area contributed by atoms with Gasteiger partial charge in [0.15, 0.2) is 0 Å². The molecule has 1 fully saturated rings. The number of piperazine rings is 1. The van der Waals surface area contributed by atoms with Gasteiger partial charge in [-0.05, 0) is 30.2 Å². The highest BCUT2D eigenvalue weighted by Crippen LogP contribution is 2.37. The van der Waals surface area contributed by atoms with E-state index in [-0.39, 0.29) is 43.3 Å². The number of benzene rings is 3. The Hall–Kier alpha value is -1.80. The van der Waals surface area contributed by atoms with Crippen molar-refractivity contribution in [1.82, 2.24) is 19.8 Å². The number of H-pyrrole nitrogens is 1. The number of imidazole rings is 1. The molecule has 1 aromatic heterocycles. The molecule has 39 heavy (non-hydrogen) atoms. The van der Waals surface area contributed by atoms with Gasteiger partial charge in [0, 0.05) is 54.0 Å². The molecule has 210 valence electrons. The number of nitrogens with one attached hydrogen (secondary N) is 1. The van der Waals surface area contributed by atoms with Crippen LogP contribution in [0.4, 0.5) is 0 Å². The van der Waals surface area contributed by atoms with Gasteiger partial charge >= 0.3 is 0 Å². The summed E-state index contributed by atoms with van der Waals surface area (Å²) < 4.78 is 0. The Labute approximate surface area is 258 Å². The number of aromatic nitrogens is 2. The van der Waals surface area contributed by atoms with Crippen molar-refractivity contribution in [2.75, 3.05) is 32.7 Å². The van der Waals surface area contributed by atoms with Crippen LogP contribution in [0.25, 0.3) is 11.4 Å². The molecule has 2 N–H and O–H groups in total. The van der Waals surface area contributed by atoms with Crippen LogP contribution in [0.3, 0.4) is 0 Å². The van der Waals surface area contributed by atoms with Crippen molar-refractivity contribution in [2.45, 2.75) is 19.1 Å². The van der Waals surface area contributed by atoms with E-state index >= 15 is 0 Å². The van der Waals surface area contributed by atoms with Crippen molar-refractivity contribution >= 4 is 60.4 Å². The standard InChI is InChI=1S/C29H30Cl2N4O.3ClH/c1-20-27(33-29(32-20)21-9-3-2-4-10-21)26(36)19-34-15-17-35(18-16-34)28(22-11-5-7-13-24(22)30)23-12-6-8-14-25(23)31;;;/h2-14,26,28,36H,15-19H2,1H3,(H,32,33);3*1H. The zero-order valence-corrected chi connectivity index (χ0v) is 25.4. The zero-order valence-electron chi connectivity index (χ0n) is 21.5. The molecule has 0 spiro atoms. The molecule has 0 bridgehead atoms. The molecule has 1 unspecified atom stereocenters. The van der Waals surface area contributed by atoms with Crippen LogP contribution in [0.1, 0.15) is 34.7 Å². The van der Waals surface area contributed by atoms with Crippen LogP contribution in [0, 0.1) is 6.92 Å². The minimum absolute atomic E-state index is 0. The van der Waals surface area contributed by atoms with Gasteiger partial charge in [-0.15, -0.1) is 37.2 Å². The van der Waals surface area contributed by atoms with Crippen LogP contribution in [0.15, 0.2) is 78.9 Å². The van der Waals surface area contributed by atoms with Crippen LogP contribution in [0.5, 0.6) is 0 Å². The predicted octanol–water partition coefficient (Wildman–Crippen LogP) is 7.40. The van der Waals surface area contributed by atoms with Crippen molar-refractivity contribution < 1.29 is 5.11 Å². The molecule has 0 radical (unpaired) electrons. The normalized spacial score (nSPS) is 14.7. The van der Waals surface area contributed by atoms with E-state index in [2.05, 4.69) is 26.9 Å². The van der Waals surface area contributed by atoms with Gasteiger partial charge in [0.2, 0.25) is 0 Å². The first-order valence-electron chi connectivity index (χ1n) is 12.3. The lowest BCUT2D eigenvalue weighted by Crippen LogP contribution is -2.49. The largest absolute Gasteiger partial charge is 0.385 e. The van der Waals surface area contributed by atoms with Gasteiger partial charge in [-0.1, -0.05) is 89.9 Å². The van der Waals surface area contributed by atoms with Crippen LogP contribution >= 0.6 is 60.4 Å². The summed E-state index contributed by atoms with van der Waals surface area (Å²) in [6.07, 6.45) is -0.659. The number of nitrogens with zero attached hydrogens (tertiary/aromatic N) is 3. The summed E-state index contributed by atoms with van der Waals surface area (Å²) in [5, 5.41) is 12.5. The van der Waals surface area contributed by atoms with Gasteiger partial charge < -0.3 is 10.1 Å². The lowest BCUT2D eigenvalue weighted by molar-refractivity contribution is 0.0606. The number of aliphatic hydroxyl groups excluding tert-OH is 1. The Bertz CT molecular complexity index is 1270. The minimum atomic E-state index is -0.659. The average molecular weight is 631 g/mol. The van der Waals surface area contributed by atoms with Gasteiger partial charge in [0.25, 0.3) is 0 Å². The fourth-order valence-corrected chi connectivity index (χ4v) is 5.50. The third kappa shape index (κ3) is 7.69. The van der Waals surface area contributed by atoms with E-state index in [1.165, 1.54) is 0 Å². The maximum absolute atomic E-state index is 11.0. The third-order valence-corrected chi connectivity index (χ3v) is 7.58. The highest BCUT2D eigenvalue weighted by atomic mass is 35.5. The molecule has 2 heterocycles. The molecule has 5 nitrogen and oxygen atoms in total. The van der Waals surface area contributed by atoms with Crippen molar-refractivity contribution in [1.29, 1.82) is 0 Å². The Morgan fingerprint density at radius 2 is 1.31 bits per heavy atom. The molecule has 1 aliphatic heterocycles. The molecule has 0 aliphatic carbocycles. The van der Waals surface area contributed by atoms with Crippen LogP contribution in [-0.4, -0.2) is 57.6 Å². The number of β-amino-alcohol motifs (C(OH)–C–C–N with tert-alkyl or cyclic N) is 1. The van der Waals surface area contributed by atoms with E-state index in [0.29, 0.717) is 12.2 Å². The molecule has 0 saturated carbocycles. The molecular weight excluding hydrogens is 598 g/mol. The SMILES string of the molecule is Cc1[nH]c(-c2ccccc2)nc1C(O)CN1CCN(C(c2ccccc2Cl)c2ccccc2Cl)CC1.Cl.Cl.Cl. The molecule has 1 aliphatic rings. The molecule has 3 aromatic carbocycles. The monoisotopic (exact) mass is 628 g/mol. The second kappa shape index (κ2) is 15.3. The number of rotatable bonds is 7. The van der Waals surface area contributed by atoms with Gasteiger partial charge in [0.1, 0.15) is 11.9 Å². The van der Waals surface area contributed by atoms with Crippen LogP contribution in [-0.2, 0) is 0 Å². The summed E-state index contributed by atoms with van der Waals surface area (Å²) >= 11 is 13.3. The highest BCUT2D eigenvalue weighted by Gasteiger charge is 2.30. The van der Waals surface area contributed by atoms with Crippen molar-refractivity contribution in [2.24, 2.45) is 0 Å². The summed E-state index contributed by atoms with van der Waals surface area (Å²) in [4.78, 5) is 12.8. The van der Waals surface area contributed by atoms with E-state index < -0.39 is 6.10 Å². The summed E-state index contributed by atoms with van der Waals surface area (Å²) in [6.45, 7) is 5.84. The van der Waals surface area contributed by atoms with E-state index in [4.69, 9.17) is 28.2 Å². The van der Waals surface area contributed by atoms with E-state index in [0.717, 1.165) is 64.4 Å². The maximum Gasteiger partial charge on any atom is 0.137 e. The topological polar surface area (TPSA) is 55.4 Å². The van der Waals surface area contributed by atoms with E-state index in [1.807, 2.05) is 73.7 Å². The molecule has 1 atom stereocenters. The second-order valence-corrected chi connectivity index (χ2v) is 10.1. The summed E-state index contributed by atoms with van der Waals surface area (Å²) in [5.41, 5.74) is 4.74. The summed E-state index contributed by atoms with van der Waals surface area (Å²) in [7, 11) is 0. The average Bonchev–Trinajstić information content (AvgIpc) is 3.29. The van der Waals surface area contributed by atoms with Gasteiger partial charge in [-0.3, -0.25) is 9.80 Å². The smallest absolute Gasteiger partial charge is 0.137 e. The molecule has 5 rings (SSSR count). The quantitative estimate of drug-likeness (QED) is 0.224. The Morgan fingerprint density at radius 1 is 0.795 bits per heavy atom. The maximum atomic E-state index is 11.0. The summed E-state index contributed by atoms with van der Waals surface area (Å²) in [6, 6.07) is 25.9. The van der Waals surface area contributed by atoms with Gasteiger partial charge in [0.05, 0.1) is 11.7 Å². The van der Waals surface area contributed by atoms with Gasteiger partial charge in [-0.25, -0.2) is 4.98 Å². The van der Waals surface area contributed by atoms with E-state index in [9.17, 15) is 5.11 Å². The zero-order chi connectivity index (χ0) is 25.1. The number of hydrogen-bond donors (Lipinski definition) is 2. The van der Waals surface area contributed by atoms with E-state index in [1.54, 1.807) is 0 Å². The fraction of sp³-hybridized carbons (Fsp3) is 0.276. The molecule has 10 heteroatoms. The highest BCUT2D eigenvalue weighted by molar-refractivity contribution is 6.32. The first-order chi connectivity index (χ1) is 17.5. The molecule has 0 amide bonds. The second-order valence-electron chi connectivity index (χ2n) is 9.26. The van der Waals surface area contributed by atoms with Crippen molar-refractivity contribution in [3.63, 3.8) is 0 Å². The number of aryl methyl sites for hydroxylation is 1. The molecular formula is C29H33Cl5N4O. The number of aromatic amines is 1. The summed E-state index contributed by atoms with van der Waals surface area (Å²) in [5.74, 6) is 0.786. The van der Waals surface area contributed by atoms with Crippen molar-refractivity contribution in [3.8, 4) is 11.4 Å². The molecule has 1 saturated heterocycles. The third-order valence-electron chi connectivity index (χ3n) is 6.89. The number of halogens is 5. The minimum Gasteiger partial charge on any atom is -0.385 e. The lowest BCUT2D eigenvalue weighted by Gasteiger charge is -2.40. The first kappa shape index (κ1) is 33.4. The first-order valence-corrected chi connectivity index (χ1v) is 13.0. The number of hydrogen-bond acceptors (Lipinski definition) is 4. The van der Waals surface area contributed by atoms with Gasteiger partial charge in [-0.2, -0.15) is 0 Å². The fourth-order valence-electron chi connectivity index (χ4n) is 5.02. The van der Waals surface area contributed by atoms with Crippen LogP contribution in [0.2, 0.25) is 10.0 Å².